The molecule has 0 radical (unpaired) electrons. The third-order valence-electron chi connectivity index (χ3n) is 5.46. The molecule has 0 bridgehead atoms. The lowest BCUT2D eigenvalue weighted by molar-refractivity contribution is -0.688. The van der Waals surface area contributed by atoms with Crippen LogP contribution < -0.4 is 4.57 Å². The van der Waals surface area contributed by atoms with Gasteiger partial charge in [-0.15, -0.1) is 0 Å². The minimum atomic E-state index is -0.445. The van der Waals surface area contributed by atoms with Gasteiger partial charge in [0.25, 0.3) is 5.69 Å². The maximum absolute atomic E-state index is 11.3. The topological polar surface area (TPSA) is 61.2 Å². The largest absolute Gasteiger partial charge is 0.365 e. The second-order valence-electron chi connectivity index (χ2n) is 7.83. The van der Waals surface area contributed by atoms with Crippen molar-refractivity contribution >= 4 is 52.1 Å². The minimum Gasteiger partial charge on any atom is -0.365 e. The van der Waals surface area contributed by atoms with Crippen LogP contribution in [0.25, 0.3) is 0 Å². The molecule has 4 rings (SSSR count). The standard InChI is InChI=1S/C25H20Cl4N3O3/c26-18-8-9-19(23(29)12-18)25(35-15-20-21(27)5-3-6-22(20)28)14-31-11-10-30(16-31)13-17-4-1-2-7-24(17)32(33)34/h1-12,16,25H,13-15H2/q+1. The van der Waals surface area contributed by atoms with Gasteiger partial charge < -0.3 is 4.74 Å². The molecular weight excluding hydrogens is 532 g/mol. The molecule has 0 spiro atoms. The third-order valence-corrected chi connectivity index (χ3v) is 6.73. The number of hydrogen-bond acceptors (Lipinski definition) is 3. The van der Waals surface area contributed by atoms with Crippen molar-refractivity contribution in [2.45, 2.75) is 25.8 Å². The number of imidazole rings is 1. The molecule has 4 aromatic rings. The molecule has 3 aromatic carbocycles. The van der Waals surface area contributed by atoms with E-state index in [0.717, 1.165) is 5.56 Å². The third kappa shape index (κ3) is 6.34. The predicted octanol–water partition coefficient (Wildman–Crippen LogP) is 7.30. The Bertz CT molecular complexity index is 1340. The summed E-state index contributed by atoms with van der Waals surface area (Å²) in [5.41, 5.74) is 2.14. The number of benzene rings is 3. The first kappa shape index (κ1) is 25.5. The van der Waals surface area contributed by atoms with Gasteiger partial charge in [0, 0.05) is 37.3 Å². The number of rotatable bonds is 9. The summed E-state index contributed by atoms with van der Waals surface area (Å²) in [6, 6.07) is 17.2. The second-order valence-corrected chi connectivity index (χ2v) is 9.49. The maximum Gasteiger partial charge on any atom is 0.276 e. The number of halogens is 4. The van der Waals surface area contributed by atoms with Crippen molar-refractivity contribution in [2.24, 2.45) is 0 Å². The lowest BCUT2D eigenvalue weighted by Crippen LogP contribution is -2.32. The van der Waals surface area contributed by atoms with Crippen LogP contribution in [0.1, 0.15) is 22.8 Å². The van der Waals surface area contributed by atoms with Crippen molar-refractivity contribution in [2.75, 3.05) is 0 Å². The molecule has 1 aromatic heterocycles. The molecule has 0 fully saturated rings. The lowest BCUT2D eigenvalue weighted by atomic mass is 10.1. The molecule has 0 saturated heterocycles. The molecule has 0 N–H and O–H groups in total. The van der Waals surface area contributed by atoms with E-state index in [1.807, 2.05) is 33.9 Å². The molecule has 0 saturated carbocycles. The molecule has 35 heavy (non-hydrogen) atoms. The highest BCUT2D eigenvalue weighted by molar-refractivity contribution is 6.36. The Morgan fingerprint density at radius 2 is 1.71 bits per heavy atom. The van der Waals surface area contributed by atoms with Crippen molar-refractivity contribution in [3.63, 3.8) is 0 Å². The van der Waals surface area contributed by atoms with Crippen LogP contribution >= 0.6 is 46.4 Å². The lowest BCUT2D eigenvalue weighted by Gasteiger charge is -2.19. The molecule has 180 valence electrons. The molecule has 0 amide bonds. The summed E-state index contributed by atoms with van der Waals surface area (Å²) in [7, 11) is 0. The molecule has 0 aliphatic carbocycles. The van der Waals surface area contributed by atoms with Gasteiger partial charge in [-0.05, 0) is 30.3 Å². The second kappa shape index (κ2) is 11.4. The van der Waals surface area contributed by atoms with Crippen LogP contribution in [0.15, 0.2) is 79.4 Å². The van der Waals surface area contributed by atoms with Gasteiger partial charge in [-0.25, -0.2) is 9.13 Å². The van der Waals surface area contributed by atoms with Crippen LogP contribution in [0.3, 0.4) is 0 Å². The summed E-state index contributed by atoms with van der Waals surface area (Å²) >= 11 is 25.2. The normalized spacial score (nSPS) is 12.0. The highest BCUT2D eigenvalue weighted by atomic mass is 35.5. The zero-order valence-electron chi connectivity index (χ0n) is 18.3. The number of nitrogens with zero attached hydrogens (tertiary/aromatic N) is 3. The highest BCUT2D eigenvalue weighted by Gasteiger charge is 2.22. The number of aromatic nitrogens is 2. The number of para-hydroxylation sites is 1. The van der Waals surface area contributed by atoms with Gasteiger partial charge in [0.05, 0.1) is 17.1 Å². The first-order valence-electron chi connectivity index (χ1n) is 10.6. The van der Waals surface area contributed by atoms with Crippen LogP contribution in [-0.4, -0.2) is 9.49 Å². The van der Waals surface area contributed by atoms with Crippen molar-refractivity contribution in [3.8, 4) is 0 Å². The van der Waals surface area contributed by atoms with Crippen molar-refractivity contribution in [3.05, 3.63) is 126 Å². The molecule has 0 aliphatic rings. The van der Waals surface area contributed by atoms with Crippen molar-refractivity contribution < 1.29 is 14.2 Å². The number of hydrogen-bond donors (Lipinski definition) is 0. The Morgan fingerprint density at radius 1 is 0.971 bits per heavy atom. The van der Waals surface area contributed by atoms with Gasteiger partial charge in [-0.2, -0.15) is 0 Å². The van der Waals surface area contributed by atoms with Crippen LogP contribution in [-0.2, 0) is 24.4 Å². The summed E-state index contributed by atoms with van der Waals surface area (Å²) in [6.07, 6.45) is 5.14. The van der Waals surface area contributed by atoms with Gasteiger partial charge in [-0.1, -0.05) is 70.7 Å². The fraction of sp³-hybridized carbons (Fsp3) is 0.160. The summed E-state index contributed by atoms with van der Waals surface area (Å²) in [4.78, 5) is 11.0. The van der Waals surface area contributed by atoms with Gasteiger partial charge in [0.1, 0.15) is 31.6 Å². The average Bonchev–Trinajstić information content (AvgIpc) is 3.25. The first-order chi connectivity index (χ1) is 16.8. The van der Waals surface area contributed by atoms with Crippen molar-refractivity contribution in [1.29, 1.82) is 0 Å². The summed E-state index contributed by atoms with van der Waals surface area (Å²) in [5.74, 6) is 0. The summed E-state index contributed by atoms with van der Waals surface area (Å²) in [5, 5.41) is 13.4. The van der Waals surface area contributed by atoms with Crippen LogP contribution in [0.5, 0.6) is 0 Å². The minimum absolute atomic E-state index is 0.0820. The first-order valence-corrected chi connectivity index (χ1v) is 12.1. The van der Waals surface area contributed by atoms with E-state index in [1.54, 1.807) is 48.5 Å². The fourth-order valence-electron chi connectivity index (χ4n) is 3.71. The van der Waals surface area contributed by atoms with E-state index in [2.05, 4.69) is 0 Å². The van der Waals surface area contributed by atoms with Crippen LogP contribution in [0, 0.1) is 10.1 Å². The Hall–Kier alpha value is -2.61. The highest BCUT2D eigenvalue weighted by Crippen LogP contribution is 2.32. The van der Waals surface area contributed by atoms with E-state index in [1.165, 1.54) is 6.07 Å². The fourth-order valence-corrected chi connectivity index (χ4v) is 4.75. The van der Waals surface area contributed by atoms with E-state index >= 15 is 0 Å². The number of ether oxygens (including phenoxy) is 1. The Morgan fingerprint density at radius 3 is 2.43 bits per heavy atom. The smallest absolute Gasteiger partial charge is 0.276 e. The van der Waals surface area contributed by atoms with E-state index in [-0.39, 0.29) is 17.2 Å². The van der Waals surface area contributed by atoms with Crippen LogP contribution in [0.4, 0.5) is 5.69 Å². The van der Waals surface area contributed by atoms with E-state index < -0.39 is 6.10 Å². The molecule has 6 nitrogen and oxygen atoms in total. The van der Waals surface area contributed by atoms with Gasteiger partial charge >= 0.3 is 0 Å². The monoisotopic (exact) mass is 550 g/mol. The summed E-state index contributed by atoms with van der Waals surface area (Å²) < 4.78 is 10.1. The van der Waals surface area contributed by atoms with Gasteiger partial charge in [0.15, 0.2) is 0 Å². The molecule has 1 heterocycles. The zero-order chi connectivity index (χ0) is 24.9. The molecular formula is C25H20Cl4N3O3+. The quantitative estimate of drug-likeness (QED) is 0.124. The zero-order valence-corrected chi connectivity index (χ0v) is 21.3. The van der Waals surface area contributed by atoms with Gasteiger partial charge in [0.2, 0.25) is 6.33 Å². The summed E-state index contributed by atoms with van der Waals surface area (Å²) in [6.45, 7) is 0.958. The Kier molecular flexibility index (Phi) is 8.31. The Labute approximate surface area is 222 Å². The molecule has 1 unspecified atom stereocenters. The van der Waals surface area contributed by atoms with Gasteiger partial charge in [-0.3, -0.25) is 10.1 Å². The maximum atomic E-state index is 11.3. The van der Waals surface area contributed by atoms with E-state index in [0.29, 0.717) is 44.3 Å². The Balaban J connectivity index is 1.57. The molecule has 10 heteroatoms. The SMILES string of the molecule is O=[N+]([O-])c1ccccc1C[n+]1ccn(CC(OCc2c(Cl)cccc2Cl)c2ccc(Cl)cc2Cl)c1. The number of nitro benzene ring substituents is 1. The average molecular weight is 552 g/mol. The van der Waals surface area contributed by atoms with E-state index in [4.69, 9.17) is 51.1 Å². The van der Waals surface area contributed by atoms with E-state index in [9.17, 15) is 10.1 Å². The molecule has 0 aliphatic heterocycles. The van der Waals surface area contributed by atoms with Crippen molar-refractivity contribution in [1.82, 2.24) is 4.57 Å². The van der Waals surface area contributed by atoms with Crippen LogP contribution in [0.2, 0.25) is 20.1 Å². The molecule has 1 atom stereocenters. The number of nitro groups is 1. The predicted molar refractivity (Wildman–Crippen MR) is 137 cm³/mol.